The van der Waals surface area contributed by atoms with Gasteiger partial charge in [0.25, 0.3) is 0 Å². The zero-order chi connectivity index (χ0) is 13.0. The first-order valence-corrected chi connectivity index (χ1v) is 6.98. The summed E-state index contributed by atoms with van der Waals surface area (Å²) in [5.41, 5.74) is 1.06. The molecule has 3 nitrogen and oxygen atoms in total. The number of Topliss-reactive ketones (excluding diaryl/α,β-unsaturated/α-hetero) is 1. The Hall–Kier alpha value is -1.16. The molecule has 2 rings (SSSR count). The van der Waals surface area contributed by atoms with Crippen molar-refractivity contribution in [2.75, 3.05) is 7.05 Å². The lowest BCUT2D eigenvalue weighted by molar-refractivity contribution is -0.121. The molecule has 0 N–H and O–H groups in total. The normalized spacial score (nSPS) is 20.3. The molecule has 0 unspecified atom stereocenters. The largest absolute Gasteiger partial charge is 0.300 e. The molecule has 0 radical (unpaired) electrons. The maximum atomic E-state index is 11.4. The lowest BCUT2D eigenvalue weighted by Gasteiger charge is -2.28. The summed E-state index contributed by atoms with van der Waals surface area (Å²) in [6.45, 7) is 0. The van der Waals surface area contributed by atoms with Crippen molar-refractivity contribution >= 4 is 27.9 Å². The lowest BCUT2D eigenvalue weighted by Crippen LogP contribution is -2.32. The molecule has 0 saturated heterocycles. The molecule has 0 aromatic heterocycles. The summed E-state index contributed by atoms with van der Waals surface area (Å²) in [4.78, 5) is 11.4. The molecule has 96 valence electrons. The third-order valence-electron chi connectivity index (χ3n) is 3.24. The minimum atomic E-state index is 0.262. The summed E-state index contributed by atoms with van der Waals surface area (Å²) in [5.74, 6) is 0.358. The first kappa shape index (κ1) is 13.3. The number of rotatable bonds is 3. The molecule has 0 spiro atoms. The summed E-state index contributed by atoms with van der Waals surface area (Å²) in [5, 5.41) is 6.34. The molecule has 1 aliphatic rings. The monoisotopic (exact) mass is 308 g/mol. The fourth-order valence-corrected chi connectivity index (χ4v) is 2.39. The highest BCUT2D eigenvalue weighted by Gasteiger charge is 2.21. The zero-order valence-corrected chi connectivity index (χ0v) is 12.1. The molecule has 1 aromatic rings. The molecule has 4 heteroatoms. The Balaban J connectivity index is 1.95. The Bertz CT molecular complexity index is 442. The number of carbonyl (C=O) groups excluding carboxylic acids is 1. The molecule has 0 heterocycles. The van der Waals surface area contributed by atoms with Crippen LogP contribution in [0.15, 0.2) is 33.8 Å². The highest BCUT2D eigenvalue weighted by Crippen LogP contribution is 2.19. The van der Waals surface area contributed by atoms with E-state index in [0.717, 1.165) is 29.3 Å². The van der Waals surface area contributed by atoms with Crippen LogP contribution in [0.3, 0.4) is 0 Å². The number of benzene rings is 1. The molecular formula is C14H17BrN2O. The van der Waals surface area contributed by atoms with Gasteiger partial charge in [0.2, 0.25) is 0 Å². The van der Waals surface area contributed by atoms with Crippen molar-refractivity contribution in [3.63, 3.8) is 0 Å². The Kier molecular flexibility index (Phi) is 4.53. The van der Waals surface area contributed by atoms with E-state index in [1.807, 2.05) is 42.5 Å². The second-order valence-corrected chi connectivity index (χ2v) is 5.57. The second-order valence-electron chi connectivity index (χ2n) is 4.66. The van der Waals surface area contributed by atoms with E-state index in [-0.39, 0.29) is 6.04 Å². The summed E-state index contributed by atoms with van der Waals surface area (Å²) >= 11 is 3.40. The van der Waals surface area contributed by atoms with Crippen LogP contribution in [0.25, 0.3) is 0 Å². The third kappa shape index (κ3) is 3.67. The van der Waals surface area contributed by atoms with Gasteiger partial charge < -0.3 is 0 Å². The van der Waals surface area contributed by atoms with Crippen LogP contribution in [0.4, 0.5) is 0 Å². The minimum Gasteiger partial charge on any atom is -0.300 e. The minimum absolute atomic E-state index is 0.262. The van der Waals surface area contributed by atoms with Gasteiger partial charge in [-0.15, -0.1) is 0 Å². The van der Waals surface area contributed by atoms with Gasteiger partial charge in [-0.05, 0) is 30.5 Å². The van der Waals surface area contributed by atoms with Crippen molar-refractivity contribution in [2.45, 2.75) is 31.7 Å². The van der Waals surface area contributed by atoms with Crippen molar-refractivity contribution in [2.24, 2.45) is 5.10 Å². The average molecular weight is 309 g/mol. The number of halogens is 1. The first-order valence-electron chi connectivity index (χ1n) is 6.19. The molecule has 18 heavy (non-hydrogen) atoms. The van der Waals surface area contributed by atoms with Gasteiger partial charge in [0.05, 0.1) is 12.3 Å². The van der Waals surface area contributed by atoms with E-state index < -0.39 is 0 Å². The Morgan fingerprint density at radius 1 is 1.39 bits per heavy atom. The van der Waals surface area contributed by atoms with Crippen LogP contribution >= 0.6 is 15.9 Å². The SMILES string of the molecule is CN(/N=C/c1ccc(Br)cc1)[C@H]1CCCC(=O)C1. The van der Waals surface area contributed by atoms with Gasteiger partial charge in [0.1, 0.15) is 5.78 Å². The number of hydrazone groups is 1. The van der Waals surface area contributed by atoms with Crippen molar-refractivity contribution < 1.29 is 4.79 Å². The van der Waals surface area contributed by atoms with E-state index in [0.29, 0.717) is 12.2 Å². The van der Waals surface area contributed by atoms with Gasteiger partial charge >= 0.3 is 0 Å². The smallest absolute Gasteiger partial charge is 0.135 e. The topological polar surface area (TPSA) is 32.7 Å². The van der Waals surface area contributed by atoms with E-state index in [1.54, 1.807) is 0 Å². The molecule has 1 saturated carbocycles. The number of hydrogen-bond acceptors (Lipinski definition) is 3. The maximum absolute atomic E-state index is 11.4. The van der Waals surface area contributed by atoms with Crippen LogP contribution in [0.5, 0.6) is 0 Å². The quantitative estimate of drug-likeness (QED) is 0.634. The van der Waals surface area contributed by atoms with Gasteiger partial charge in [0, 0.05) is 24.4 Å². The molecule has 1 aliphatic carbocycles. The van der Waals surface area contributed by atoms with Crippen molar-refractivity contribution in [1.82, 2.24) is 5.01 Å². The van der Waals surface area contributed by atoms with Crippen molar-refractivity contribution in [3.8, 4) is 0 Å². The van der Waals surface area contributed by atoms with Crippen LogP contribution in [-0.2, 0) is 4.79 Å². The molecule has 1 aromatic carbocycles. The third-order valence-corrected chi connectivity index (χ3v) is 3.77. The first-order chi connectivity index (χ1) is 8.65. The predicted molar refractivity (Wildman–Crippen MR) is 76.8 cm³/mol. The van der Waals surface area contributed by atoms with Crippen molar-refractivity contribution in [1.29, 1.82) is 0 Å². The van der Waals surface area contributed by atoms with Gasteiger partial charge in [0.15, 0.2) is 0 Å². The summed E-state index contributed by atoms with van der Waals surface area (Å²) in [6.07, 6.45) is 5.25. The summed E-state index contributed by atoms with van der Waals surface area (Å²) in [7, 11) is 1.94. The molecule has 1 fully saturated rings. The highest BCUT2D eigenvalue weighted by atomic mass is 79.9. The zero-order valence-electron chi connectivity index (χ0n) is 10.5. The van der Waals surface area contributed by atoms with Crippen LogP contribution < -0.4 is 0 Å². The molecule has 0 bridgehead atoms. The lowest BCUT2D eigenvalue weighted by atomic mass is 9.94. The van der Waals surface area contributed by atoms with Crippen LogP contribution in [-0.4, -0.2) is 30.1 Å². The van der Waals surface area contributed by atoms with Crippen LogP contribution in [0.2, 0.25) is 0 Å². The average Bonchev–Trinajstić information content (AvgIpc) is 2.38. The molecular weight excluding hydrogens is 292 g/mol. The molecule has 0 aliphatic heterocycles. The summed E-state index contributed by atoms with van der Waals surface area (Å²) in [6, 6.07) is 8.26. The summed E-state index contributed by atoms with van der Waals surface area (Å²) < 4.78 is 1.06. The Morgan fingerprint density at radius 2 is 2.11 bits per heavy atom. The highest BCUT2D eigenvalue weighted by molar-refractivity contribution is 9.10. The standard InChI is InChI=1S/C14H17BrN2O/c1-17(13-3-2-4-14(18)9-13)16-10-11-5-7-12(15)8-6-11/h5-8,10,13H,2-4,9H2,1H3/b16-10+/t13-/m0/s1. The van der Waals surface area contributed by atoms with Crippen LogP contribution in [0.1, 0.15) is 31.2 Å². The van der Waals surface area contributed by atoms with Gasteiger partial charge in [-0.2, -0.15) is 5.10 Å². The maximum Gasteiger partial charge on any atom is 0.135 e. The molecule has 1 atom stereocenters. The van der Waals surface area contributed by atoms with E-state index in [9.17, 15) is 4.79 Å². The fourth-order valence-electron chi connectivity index (χ4n) is 2.12. The van der Waals surface area contributed by atoms with E-state index in [4.69, 9.17) is 0 Å². The van der Waals surface area contributed by atoms with Gasteiger partial charge in [-0.25, -0.2) is 0 Å². The number of carbonyl (C=O) groups is 1. The number of nitrogens with zero attached hydrogens (tertiary/aromatic N) is 2. The van der Waals surface area contributed by atoms with E-state index >= 15 is 0 Å². The van der Waals surface area contributed by atoms with Gasteiger partial charge in [-0.3, -0.25) is 9.80 Å². The van der Waals surface area contributed by atoms with E-state index in [1.165, 1.54) is 0 Å². The molecule has 0 amide bonds. The van der Waals surface area contributed by atoms with Gasteiger partial charge in [-0.1, -0.05) is 28.1 Å². The Labute approximate surface area is 116 Å². The van der Waals surface area contributed by atoms with Crippen molar-refractivity contribution in [3.05, 3.63) is 34.3 Å². The van der Waals surface area contributed by atoms with E-state index in [2.05, 4.69) is 21.0 Å². The van der Waals surface area contributed by atoms with Crippen LogP contribution in [0, 0.1) is 0 Å². The number of ketones is 1. The number of hydrogen-bond donors (Lipinski definition) is 0. The fraction of sp³-hybridized carbons (Fsp3) is 0.429. The predicted octanol–water partition coefficient (Wildman–Crippen LogP) is 3.23. The second kappa shape index (κ2) is 6.14. The Morgan fingerprint density at radius 3 is 2.78 bits per heavy atom.